The first-order valence-electron chi connectivity index (χ1n) is 7.62. The summed E-state index contributed by atoms with van der Waals surface area (Å²) in [5.74, 6) is 0.581. The van der Waals surface area contributed by atoms with E-state index in [0.29, 0.717) is 35.6 Å². The van der Waals surface area contributed by atoms with E-state index in [1.54, 1.807) is 35.5 Å². The summed E-state index contributed by atoms with van der Waals surface area (Å²) in [6.45, 7) is 1.66. The van der Waals surface area contributed by atoms with Gasteiger partial charge in [0.25, 0.3) is 0 Å². The SMILES string of the molecule is O=C(NCc1ccc(Cl)cc1Cl)N1CCC(Nc2ncccn2)C1. The number of likely N-dealkylation sites (tertiary alicyclic amines) is 1. The summed E-state index contributed by atoms with van der Waals surface area (Å²) in [6, 6.07) is 7.04. The fourth-order valence-corrected chi connectivity index (χ4v) is 3.04. The Morgan fingerprint density at radius 1 is 1.29 bits per heavy atom. The van der Waals surface area contributed by atoms with Crippen LogP contribution in [0.5, 0.6) is 0 Å². The quantitative estimate of drug-likeness (QED) is 0.872. The molecule has 1 aromatic heterocycles. The highest BCUT2D eigenvalue weighted by Gasteiger charge is 2.26. The third-order valence-corrected chi connectivity index (χ3v) is 4.41. The van der Waals surface area contributed by atoms with Crippen molar-refractivity contribution in [2.24, 2.45) is 0 Å². The number of aromatic nitrogens is 2. The smallest absolute Gasteiger partial charge is 0.317 e. The lowest BCUT2D eigenvalue weighted by molar-refractivity contribution is 0.208. The van der Waals surface area contributed by atoms with Crippen LogP contribution in [-0.4, -0.2) is 40.0 Å². The van der Waals surface area contributed by atoms with Gasteiger partial charge < -0.3 is 15.5 Å². The second kappa shape index (κ2) is 7.68. The monoisotopic (exact) mass is 365 g/mol. The Labute approximate surface area is 150 Å². The highest BCUT2D eigenvalue weighted by molar-refractivity contribution is 6.35. The van der Waals surface area contributed by atoms with Gasteiger partial charge in [-0.15, -0.1) is 0 Å². The third-order valence-electron chi connectivity index (χ3n) is 3.82. The summed E-state index contributed by atoms with van der Waals surface area (Å²) in [5, 5.41) is 7.24. The zero-order valence-corrected chi connectivity index (χ0v) is 14.4. The molecule has 1 saturated heterocycles. The zero-order chi connectivity index (χ0) is 16.9. The molecule has 126 valence electrons. The standard InChI is InChI=1S/C16H17Cl2N5O/c17-12-3-2-11(14(18)8-12)9-21-16(24)23-7-4-13(10-23)22-15-19-5-1-6-20-15/h1-3,5-6,8,13H,4,7,9-10H2,(H,21,24)(H,19,20,22). The van der Waals surface area contributed by atoms with Gasteiger partial charge in [0.1, 0.15) is 0 Å². The van der Waals surface area contributed by atoms with Gasteiger partial charge in [-0.25, -0.2) is 14.8 Å². The Kier molecular flexibility index (Phi) is 5.37. The highest BCUT2D eigenvalue weighted by atomic mass is 35.5. The number of rotatable bonds is 4. The summed E-state index contributed by atoms with van der Waals surface area (Å²) in [7, 11) is 0. The van der Waals surface area contributed by atoms with Gasteiger partial charge in [0.2, 0.25) is 5.95 Å². The maximum Gasteiger partial charge on any atom is 0.317 e. The molecule has 2 heterocycles. The van der Waals surface area contributed by atoms with E-state index >= 15 is 0 Å². The van der Waals surface area contributed by atoms with Crippen molar-refractivity contribution < 1.29 is 4.79 Å². The Morgan fingerprint density at radius 3 is 2.83 bits per heavy atom. The first-order valence-corrected chi connectivity index (χ1v) is 8.37. The second-order valence-corrected chi connectivity index (χ2v) is 6.39. The first-order chi connectivity index (χ1) is 11.6. The molecule has 3 rings (SSSR count). The van der Waals surface area contributed by atoms with Gasteiger partial charge in [-0.2, -0.15) is 0 Å². The second-order valence-electron chi connectivity index (χ2n) is 5.54. The maximum absolute atomic E-state index is 12.3. The van der Waals surface area contributed by atoms with Crippen LogP contribution in [0.4, 0.5) is 10.7 Å². The fourth-order valence-electron chi connectivity index (χ4n) is 2.57. The minimum absolute atomic E-state index is 0.112. The summed E-state index contributed by atoms with van der Waals surface area (Å²) in [6.07, 6.45) is 4.22. The lowest BCUT2D eigenvalue weighted by Gasteiger charge is -2.18. The molecule has 1 fully saturated rings. The largest absolute Gasteiger partial charge is 0.350 e. The molecule has 1 unspecified atom stereocenters. The number of anilines is 1. The zero-order valence-electron chi connectivity index (χ0n) is 12.9. The molecule has 0 spiro atoms. The van der Waals surface area contributed by atoms with Gasteiger partial charge in [0.15, 0.2) is 0 Å². The molecule has 6 nitrogen and oxygen atoms in total. The lowest BCUT2D eigenvalue weighted by Crippen LogP contribution is -2.39. The first kappa shape index (κ1) is 16.8. The molecule has 24 heavy (non-hydrogen) atoms. The molecule has 1 aromatic carbocycles. The molecule has 0 aliphatic carbocycles. The number of benzene rings is 1. The number of nitrogens with one attached hydrogen (secondary N) is 2. The van der Waals surface area contributed by atoms with E-state index in [1.807, 2.05) is 6.07 Å². The molecule has 1 aliphatic rings. The summed E-state index contributed by atoms with van der Waals surface area (Å²) < 4.78 is 0. The predicted octanol–water partition coefficient (Wildman–Crippen LogP) is 3.18. The van der Waals surface area contributed by atoms with Crippen LogP contribution in [0.25, 0.3) is 0 Å². The molecule has 2 amide bonds. The van der Waals surface area contributed by atoms with Crippen molar-refractivity contribution in [3.63, 3.8) is 0 Å². The molecule has 0 radical (unpaired) electrons. The van der Waals surface area contributed by atoms with Gasteiger partial charge in [-0.3, -0.25) is 0 Å². The molecule has 1 aliphatic heterocycles. The van der Waals surface area contributed by atoms with E-state index in [-0.39, 0.29) is 12.1 Å². The van der Waals surface area contributed by atoms with E-state index < -0.39 is 0 Å². The number of halogens is 2. The minimum Gasteiger partial charge on any atom is -0.350 e. The minimum atomic E-state index is -0.112. The highest BCUT2D eigenvalue weighted by Crippen LogP contribution is 2.21. The van der Waals surface area contributed by atoms with Crippen LogP contribution in [0.2, 0.25) is 10.0 Å². The Balaban J connectivity index is 1.49. The van der Waals surface area contributed by atoms with Crippen LogP contribution in [0.1, 0.15) is 12.0 Å². The van der Waals surface area contributed by atoms with Crippen molar-refractivity contribution in [3.8, 4) is 0 Å². The van der Waals surface area contributed by atoms with Crippen molar-refractivity contribution in [2.45, 2.75) is 19.0 Å². The molecule has 1 atom stereocenters. The van der Waals surface area contributed by atoms with Gasteiger partial charge in [0.05, 0.1) is 0 Å². The van der Waals surface area contributed by atoms with E-state index in [0.717, 1.165) is 12.0 Å². The van der Waals surface area contributed by atoms with Crippen molar-refractivity contribution >= 4 is 35.2 Å². The van der Waals surface area contributed by atoms with Crippen LogP contribution in [0.15, 0.2) is 36.7 Å². The molecule has 0 saturated carbocycles. The molecule has 0 bridgehead atoms. The van der Waals surface area contributed by atoms with Crippen LogP contribution in [0.3, 0.4) is 0 Å². The predicted molar refractivity (Wildman–Crippen MR) is 94.3 cm³/mol. The van der Waals surface area contributed by atoms with Crippen LogP contribution >= 0.6 is 23.2 Å². The fraction of sp³-hybridized carbons (Fsp3) is 0.312. The van der Waals surface area contributed by atoms with Crippen LogP contribution < -0.4 is 10.6 Å². The number of hydrogen-bond donors (Lipinski definition) is 2. The van der Waals surface area contributed by atoms with Gasteiger partial charge in [-0.1, -0.05) is 29.3 Å². The van der Waals surface area contributed by atoms with Gasteiger partial charge in [0, 0.05) is 48.1 Å². The van der Waals surface area contributed by atoms with E-state index in [9.17, 15) is 4.79 Å². The summed E-state index contributed by atoms with van der Waals surface area (Å²) in [4.78, 5) is 22.3. The topological polar surface area (TPSA) is 70.2 Å². The van der Waals surface area contributed by atoms with Gasteiger partial charge >= 0.3 is 6.03 Å². The Morgan fingerprint density at radius 2 is 2.08 bits per heavy atom. The van der Waals surface area contributed by atoms with Crippen molar-refractivity contribution in [2.75, 3.05) is 18.4 Å². The molecular formula is C16H17Cl2N5O. The van der Waals surface area contributed by atoms with Crippen molar-refractivity contribution in [1.29, 1.82) is 0 Å². The van der Waals surface area contributed by atoms with E-state index in [2.05, 4.69) is 20.6 Å². The number of carbonyl (C=O) groups excluding carboxylic acids is 1. The number of nitrogens with zero attached hydrogens (tertiary/aromatic N) is 3. The maximum atomic E-state index is 12.3. The molecular weight excluding hydrogens is 349 g/mol. The molecule has 8 heteroatoms. The van der Waals surface area contributed by atoms with Crippen LogP contribution in [0, 0.1) is 0 Å². The summed E-state index contributed by atoms with van der Waals surface area (Å²) >= 11 is 12.0. The lowest BCUT2D eigenvalue weighted by atomic mass is 10.2. The average Bonchev–Trinajstić information content (AvgIpc) is 3.03. The number of hydrogen-bond acceptors (Lipinski definition) is 4. The molecule has 2 aromatic rings. The van der Waals surface area contributed by atoms with E-state index in [1.165, 1.54) is 0 Å². The average molecular weight is 366 g/mol. The van der Waals surface area contributed by atoms with Crippen molar-refractivity contribution in [3.05, 3.63) is 52.3 Å². The molecule has 2 N–H and O–H groups in total. The number of amides is 2. The number of urea groups is 1. The van der Waals surface area contributed by atoms with Crippen molar-refractivity contribution in [1.82, 2.24) is 20.2 Å². The van der Waals surface area contributed by atoms with Gasteiger partial charge in [-0.05, 0) is 30.2 Å². The van der Waals surface area contributed by atoms with E-state index in [4.69, 9.17) is 23.2 Å². The third kappa shape index (κ3) is 4.27. The Bertz CT molecular complexity index is 713. The summed E-state index contributed by atoms with van der Waals surface area (Å²) in [5.41, 5.74) is 0.834. The number of carbonyl (C=O) groups is 1. The Hall–Kier alpha value is -2.05. The normalized spacial score (nSPS) is 16.9. The van der Waals surface area contributed by atoms with Crippen LogP contribution in [-0.2, 0) is 6.54 Å².